The lowest BCUT2D eigenvalue weighted by Crippen LogP contribution is -2.31. The van der Waals surface area contributed by atoms with Crippen LogP contribution in [0.2, 0.25) is 0 Å². The quantitative estimate of drug-likeness (QED) is 0.761. The third-order valence-corrected chi connectivity index (χ3v) is 4.92. The number of aryl methyl sites for hydroxylation is 1. The van der Waals surface area contributed by atoms with E-state index in [1.54, 1.807) is 10.7 Å². The fraction of sp³-hybridized carbons (Fsp3) is 0.350. The Bertz CT molecular complexity index is 902. The molecule has 0 radical (unpaired) electrons. The number of hydrogen-bond donors (Lipinski definition) is 1. The molecule has 0 unspecified atom stereocenters. The topological polar surface area (TPSA) is 54.4 Å². The fourth-order valence-corrected chi connectivity index (χ4v) is 3.57. The van der Waals surface area contributed by atoms with Crippen LogP contribution in [0.5, 0.6) is 0 Å². The first-order valence-corrected chi connectivity index (χ1v) is 8.90. The predicted octanol–water partition coefficient (Wildman–Crippen LogP) is 3.54. The summed E-state index contributed by atoms with van der Waals surface area (Å²) in [7, 11) is 0. The highest BCUT2D eigenvalue weighted by Crippen LogP contribution is 2.29. The number of nitrogens with zero attached hydrogens (tertiary/aromatic N) is 3. The van der Waals surface area contributed by atoms with Crippen LogP contribution in [0, 0.1) is 12.7 Å². The van der Waals surface area contributed by atoms with Gasteiger partial charge in [-0.25, -0.2) is 9.07 Å². The number of halogens is 1. The van der Waals surface area contributed by atoms with Gasteiger partial charge in [0.05, 0.1) is 12.3 Å². The molecule has 26 heavy (non-hydrogen) atoms. The average molecular weight is 355 g/mol. The van der Waals surface area contributed by atoms with E-state index in [4.69, 9.17) is 4.42 Å². The van der Waals surface area contributed by atoms with E-state index in [0.29, 0.717) is 18.0 Å². The van der Waals surface area contributed by atoms with Crippen molar-refractivity contribution in [1.82, 2.24) is 14.7 Å². The summed E-state index contributed by atoms with van der Waals surface area (Å²) >= 11 is 0. The number of aliphatic hydroxyl groups excluding tert-OH is 1. The summed E-state index contributed by atoms with van der Waals surface area (Å²) in [6, 6.07) is 10.4. The molecule has 6 heteroatoms. The number of aliphatic hydroxyl groups is 1. The maximum absolute atomic E-state index is 13.6. The summed E-state index contributed by atoms with van der Waals surface area (Å²) in [6.07, 6.45) is 4.01. The van der Waals surface area contributed by atoms with Gasteiger partial charge in [-0.05, 0) is 56.6 Å². The standard InChI is InChI=1S/C20H22FN3O2/c1-14-7-8-19(26-14)20-15(11-23-9-3-6-18(23)13-25)12-24(22-20)17-5-2-4-16(21)10-17/h2,4-5,7-8,10,12,18,25H,3,6,9,11,13H2,1H3/t18-/m0/s1. The van der Waals surface area contributed by atoms with Crippen LogP contribution in [0.15, 0.2) is 47.0 Å². The summed E-state index contributed by atoms with van der Waals surface area (Å²) in [5.41, 5.74) is 2.43. The van der Waals surface area contributed by atoms with Gasteiger partial charge >= 0.3 is 0 Å². The van der Waals surface area contributed by atoms with E-state index in [9.17, 15) is 9.50 Å². The molecule has 1 aliphatic heterocycles. The van der Waals surface area contributed by atoms with Gasteiger partial charge in [-0.1, -0.05) is 6.07 Å². The van der Waals surface area contributed by atoms with Crippen molar-refractivity contribution in [3.05, 3.63) is 59.7 Å². The Balaban J connectivity index is 1.73. The molecule has 0 aliphatic carbocycles. The first-order valence-electron chi connectivity index (χ1n) is 8.90. The van der Waals surface area contributed by atoms with Crippen molar-refractivity contribution in [2.45, 2.75) is 32.4 Å². The Morgan fingerprint density at radius 2 is 2.19 bits per heavy atom. The molecule has 1 fully saturated rings. The van der Waals surface area contributed by atoms with Crippen LogP contribution in [0.1, 0.15) is 24.2 Å². The largest absolute Gasteiger partial charge is 0.460 e. The Labute approximate surface area is 151 Å². The zero-order valence-corrected chi connectivity index (χ0v) is 14.7. The molecule has 1 atom stereocenters. The van der Waals surface area contributed by atoms with Crippen molar-refractivity contribution in [2.24, 2.45) is 0 Å². The Morgan fingerprint density at radius 3 is 2.92 bits per heavy atom. The van der Waals surface area contributed by atoms with Gasteiger partial charge in [0.2, 0.25) is 0 Å². The molecule has 2 aromatic heterocycles. The second-order valence-corrected chi connectivity index (χ2v) is 6.79. The number of aromatic nitrogens is 2. The van der Waals surface area contributed by atoms with Crippen LogP contribution in [0.25, 0.3) is 17.1 Å². The van der Waals surface area contributed by atoms with Crippen molar-refractivity contribution in [2.75, 3.05) is 13.2 Å². The van der Waals surface area contributed by atoms with Gasteiger partial charge in [0.1, 0.15) is 17.3 Å². The molecule has 1 aliphatic rings. The summed E-state index contributed by atoms with van der Waals surface area (Å²) in [5, 5.41) is 14.3. The van der Waals surface area contributed by atoms with E-state index in [1.165, 1.54) is 12.1 Å². The van der Waals surface area contributed by atoms with E-state index < -0.39 is 0 Å². The highest BCUT2D eigenvalue weighted by atomic mass is 19.1. The third kappa shape index (κ3) is 3.30. The smallest absolute Gasteiger partial charge is 0.154 e. The van der Waals surface area contributed by atoms with E-state index in [0.717, 1.165) is 36.4 Å². The maximum Gasteiger partial charge on any atom is 0.154 e. The Hall–Kier alpha value is -2.44. The van der Waals surface area contributed by atoms with Crippen LogP contribution in [0.3, 0.4) is 0 Å². The summed E-state index contributed by atoms with van der Waals surface area (Å²) in [6.45, 7) is 3.69. The lowest BCUT2D eigenvalue weighted by atomic mass is 10.2. The predicted molar refractivity (Wildman–Crippen MR) is 96.5 cm³/mol. The van der Waals surface area contributed by atoms with Gasteiger partial charge in [0.15, 0.2) is 5.76 Å². The minimum atomic E-state index is -0.296. The SMILES string of the molecule is Cc1ccc(-c2nn(-c3cccc(F)c3)cc2CN2CCC[C@H]2CO)o1. The normalized spacial score (nSPS) is 17.9. The molecule has 0 spiro atoms. The lowest BCUT2D eigenvalue weighted by Gasteiger charge is -2.22. The minimum absolute atomic E-state index is 0.160. The van der Waals surface area contributed by atoms with E-state index in [-0.39, 0.29) is 18.5 Å². The summed E-state index contributed by atoms with van der Waals surface area (Å²) in [5.74, 6) is 1.22. The maximum atomic E-state index is 13.6. The highest BCUT2D eigenvalue weighted by Gasteiger charge is 2.26. The first-order chi connectivity index (χ1) is 12.6. The first kappa shape index (κ1) is 17.0. The molecule has 0 amide bonds. The highest BCUT2D eigenvalue weighted by molar-refractivity contribution is 5.58. The lowest BCUT2D eigenvalue weighted by molar-refractivity contribution is 0.153. The van der Waals surface area contributed by atoms with Crippen LogP contribution in [-0.2, 0) is 6.54 Å². The second kappa shape index (κ2) is 7.05. The van der Waals surface area contributed by atoms with Gasteiger partial charge in [0.25, 0.3) is 0 Å². The fourth-order valence-electron chi connectivity index (χ4n) is 3.57. The molecule has 4 rings (SSSR count). The monoisotopic (exact) mass is 355 g/mol. The summed E-state index contributed by atoms with van der Waals surface area (Å²) < 4.78 is 21.1. The molecule has 0 saturated carbocycles. The zero-order valence-electron chi connectivity index (χ0n) is 14.7. The van der Waals surface area contributed by atoms with Crippen LogP contribution >= 0.6 is 0 Å². The summed E-state index contributed by atoms with van der Waals surface area (Å²) in [4.78, 5) is 2.27. The molecule has 3 aromatic rings. The van der Waals surface area contributed by atoms with Crippen LogP contribution in [0.4, 0.5) is 4.39 Å². The van der Waals surface area contributed by atoms with Crippen molar-refractivity contribution in [1.29, 1.82) is 0 Å². The van der Waals surface area contributed by atoms with Crippen molar-refractivity contribution < 1.29 is 13.9 Å². The molecule has 3 heterocycles. The number of rotatable bonds is 5. The van der Waals surface area contributed by atoms with E-state index in [2.05, 4.69) is 10.00 Å². The zero-order chi connectivity index (χ0) is 18.1. The number of likely N-dealkylation sites (tertiary alicyclic amines) is 1. The molecule has 136 valence electrons. The molecule has 1 saturated heterocycles. The van der Waals surface area contributed by atoms with E-state index in [1.807, 2.05) is 31.3 Å². The van der Waals surface area contributed by atoms with Gasteiger partial charge in [0, 0.05) is 24.3 Å². The number of hydrogen-bond acceptors (Lipinski definition) is 4. The van der Waals surface area contributed by atoms with Crippen molar-refractivity contribution in [3.63, 3.8) is 0 Å². The van der Waals surface area contributed by atoms with Gasteiger partial charge in [-0.2, -0.15) is 5.10 Å². The van der Waals surface area contributed by atoms with Gasteiger partial charge in [-0.3, -0.25) is 4.90 Å². The molecule has 1 N–H and O–H groups in total. The Morgan fingerprint density at radius 1 is 1.31 bits per heavy atom. The van der Waals surface area contributed by atoms with Gasteiger partial charge in [-0.15, -0.1) is 0 Å². The molecule has 1 aromatic carbocycles. The van der Waals surface area contributed by atoms with Crippen LogP contribution < -0.4 is 0 Å². The molecule has 0 bridgehead atoms. The average Bonchev–Trinajstić information content (AvgIpc) is 3.35. The Kier molecular flexibility index (Phi) is 4.61. The molecular formula is C20H22FN3O2. The van der Waals surface area contributed by atoms with E-state index >= 15 is 0 Å². The minimum Gasteiger partial charge on any atom is -0.460 e. The number of benzene rings is 1. The third-order valence-electron chi connectivity index (χ3n) is 4.92. The molecule has 5 nitrogen and oxygen atoms in total. The van der Waals surface area contributed by atoms with Crippen LogP contribution in [-0.4, -0.2) is 39.0 Å². The second-order valence-electron chi connectivity index (χ2n) is 6.79. The van der Waals surface area contributed by atoms with Gasteiger partial charge < -0.3 is 9.52 Å². The number of furan rings is 1. The molecular weight excluding hydrogens is 333 g/mol. The van der Waals surface area contributed by atoms with Crippen molar-refractivity contribution >= 4 is 0 Å². The van der Waals surface area contributed by atoms with Crippen molar-refractivity contribution in [3.8, 4) is 17.1 Å².